The van der Waals surface area contributed by atoms with Gasteiger partial charge in [-0.2, -0.15) is 0 Å². The molecule has 2 aromatic carbocycles. The van der Waals surface area contributed by atoms with Crippen LogP contribution in [0.3, 0.4) is 0 Å². The number of aryl methyl sites for hydroxylation is 1. The molecule has 31 heavy (non-hydrogen) atoms. The Bertz CT molecular complexity index is 1050. The Labute approximate surface area is 196 Å². The first-order chi connectivity index (χ1) is 14.3. The molecule has 0 fully saturated rings. The highest BCUT2D eigenvalue weighted by Gasteiger charge is 2.18. The van der Waals surface area contributed by atoms with Gasteiger partial charge < -0.3 is 9.88 Å². The van der Waals surface area contributed by atoms with Crippen molar-refractivity contribution in [3.63, 3.8) is 0 Å². The fraction of sp³-hybridized carbons (Fsp3) is 0.360. The number of hydrogen-bond donors (Lipinski definition) is 1. The predicted octanol–water partition coefficient (Wildman–Crippen LogP) is 6.08. The molecule has 3 aromatic rings. The number of aromatic nitrogens is 1. The molecule has 0 atom stereocenters. The summed E-state index contributed by atoms with van der Waals surface area (Å²) in [5.41, 5.74) is 6.43. The summed E-state index contributed by atoms with van der Waals surface area (Å²) in [5, 5.41) is 0.994. The molecule has 0 radical (unpaired) electrons. The summed E-state index contributed by atoms with van der Waals surface area (Å²) in [6, 6.07) is 13.8. The van der Waals surface area contributed by atoms with Gasteiger partial charge in [0.15, 0.2) is 0 Å². The van der Waals surface area contributed by atoms with Crippen LogP contribution in [0.25, 0.3) is 16.5 Å². The van der Waals surface area contributed by atoms with Crippen LogP contribution < -0.4 is 4.90 Å². The van der Waals surface area contributed by atoms with Crippen molar-refractivity contribution in [3.8, 4) is 0 Å². The molecule has 0 saturated carbocycles. The minimum absolute atomic E-state index is 0. The summed E-state index contributed by atoms with van der Waals surface area (Å²) in [5.74, 6) is -0.171. The number of benzene rings is 2. The lowest BCUT2D eigenvalue weighted by Crippen LogP contribution is -2.34. The fourth-order valence-corrected chi connectivity index (χ4v) is 4.85. The molecule has 2 aliphatic heterocycles. The molecule has 2 aliphatic rings. The molecule has 3 nitrogen and oxygen atoms in total. The third-order valence-electron chi connectivity index (χ3n) is 6.39. The Morgan fingerprint density at radius 3 is 2.68 bits per heavy atom. The Morgan fingerprint density at radius 1 is 0.968 bits per heavy atom. The number of nitrogens with one attached hydrogen (secondary N) is 1. The van der Waals surface area contributed by atoms with Crippen LogP contribution in [0.1, 0.15) is 30.4 Å². The Hall–Kier alpha value is -2.01. The molecule has 0 bridgehead atoms. The van der Waals surface area contributed by atoms with Crippen LogP contribution in [0, 0.1) is 5.82 Å². The molecule has 1 N–H and O–H groups in total. The Kier molecular flexibility index (Phi) is 8.04. The van der Waals surface area contributed by atoms with Crippen molar-refractivity contribution in [2.75, 3.05) is 37.6 Å². The Balaban J connectivity index is 0.00000136. The Morgan fingerprint density at radius 2 is 1.84 bits per heavy atom. The van der Waals surface area contributed by atoms with E-state index >= 15 is 0 Å². The number of halogens is 3. The average Bonchev–Trinajstić information content (AvgIpc) is 3.17. The standard InChI is InChI=1S/C25H28FN3.2ClH/c26-21-8-9-24-22(17-21)23(18-27-24)19-10-15-28(16-11-19)12-4-14-29-13-3-6-20-5-1-2-7-25(20)29;;/h1-2,5,7-10,17-18,27H,3-4,6,11-16H2;2*1H. The van der Waals surface area contributed by atoms with Crippen molar-refractivity contribution in [3.05, 3.63) is 71.7 Å². The second kappa shape index (κ2) is 10.5. The van der Waals surface area contributed by atoms with Gasteiger partial charge in [-0.05, 0) is 61.1 Å². The molecule has 0 spiro atoms. The zero-order valence-electron chi connectivity index (χ0n) is 17.6. The maximum absolute atomic E-state index is 13.7. The minimum Gasteiger partial charge on any atom is -0.371 e. The third kappa shape index (κ3) is 5.08. The van der Waals surface area contributed by atoms with Crippen LogP contribution in [0.4, 0.5) is 10.1 Å². The summed E-state index contributed by atoms with van der Waals surface area (Å²) < 4.78 is 13.7. The van der Waals surface area contributed by atoms with Gasteiger partial charge in [-0.25, -0.2) is 4.39 Å². The van der Waals surface area contributed by atoms with Gasteiger partial charge in [0.25, 0.3) is 0 Å². The lowest BCUT2D eigenvalue weighted by molar-refractivity contribution is 0.298. The van der Waals surface area contributed by atoms with E-state index in [4.69, 9.17) is 0 Å². The van der Waals surface area contributed by atoms with Gasteiger partial charge in [-0.15, -0.1) is 24.8 Å². The van der Waals surface area contributed by atoms with E-state index in [1.165, 1.54) is 48.7 Å². The number of anilines is 1. The van der Waals surface area contributed by atoms with Gasteiger partial charge in [-0.3, -0.25) is 4.90 Å². The number of fused-ring (bicyclic) bond motifs is 2. The second-order valence-corrected chi connectivity index (χ2v) is 8.25. The van der Waals surface area contributed by atoms with E-state index in [9.17, 15) is 4.39 Å². The summed E-state index contributed by atoms with van der Waals surface area (Å²) in [7, 11) is 0. The number of H-pyrrole nitrogens is 1. The summed E-state index contributed by atoms with van der Waals surface area (Å²) in [6.07, 6.45) is 9.04. The van der Waals surface area contributed by atoms with Crippen LogP contribution >= 0.6 is 24.8 Å². The fourth-order valence-electron chi connectivity index (χ4n) is 4.85. The van der Waals surface area contributed by atoms with Crippen molar-refractivity contribution >= 4 is 47.0 Å². The van der Waals surface area contributed by atoms with Gasteiger partial charge in [0.1, 0.15) is 5.82 Å². The minimum atomic E-state index is -0.171. The van der Waals surface area contributed by atoms with Gasteiger partial charge in [0, 0.05) is 61.1 Å². The lowest BCUT2D eigenvalue weighted by atomic mass is 9.98. The zero-order chi connectivity index (χ0) is 19.6. The van der Waals surface area contributed by atoms with Crippen LogP contribution in [0.2, 0.25) is 0 Å². The molecule has 3 heterocycles. The quantitative estimate of drug-likeness (QED) is 0.496. The summed E-state index contributed by atoms with van der Waals surface area (Å²) in [4.78, 5) is 8.37. The van der Waals surface area contributed by atoms with E-state index in [-0.39, 0.29) is 30.6 Å². The van der Waals surface area contributed by atoms with E-state index in [2.05, 4.69) is 45.1 Å². The van der Waals surface area contributed by atoms with E-state index in [0.29, 0.717) is 0 Å². The highest BCUT2D eigenvalue weighted by atomic mass is 35.5. The molecular formula is C25H30Cl2FN3. The van der Waals surface area contributed by atoms with Crippen LogP contribution in [0.5, 0.6) is 0 Å². The average molecular weight is 462 g/mol. The first-order valence-electron chi connectivity index (χ1n) is 10.8. The largest absolute Gasteiger partial charge is 0.371 e. The molecule has 0 amide bonds. The van der Waals surface area contributed by atoms with Crippen molar-refractivity contribution in [1.82, 2.24) is 9.88 Å². The van der Waals surface area contributed by atoms with Gasteiger partial charge in [-0.1, -0.05) is 24.3 Å². The monoisotopic (exact) mass is 461 g/mol. The molecule has 0 aliphatic carbocycles. The van der Waals surface area contributed by atoms with Gasteiger partial charge in [0.2, 0.25) is 0 Å². The first-order valence-corrected chi connectivity index (χ1v) is 10.8. The number of para-hydroxylation sites is 1. The maximum atomic E-state index is 13.7. The van der Waals surface area contributed by atoms with Crippen molar-refractivity contribution in [2.45, 2.75) is 25.7 Å². The third-order valence-corrected chi connectivity index (χ3v) is 6.39. The predicted molar refractivity (Wildman–Crippen MR) is 133 cm³/mol. The van der Waals surface area contributed by atoms with E-state index in [1.54, 1.807) is 6.07 Å². The highest BCUT2D eigenvalue weighted by molar-refractivity contribution is 5.92. The van der Waals surface area contributed by atoms with Crippen LogP contribution in [-0.2, 0) is 6.42 Å². The maximum Gasteiger partial charge on any atom is 0.123 e. The second-order valence-electron chi connectivity index (χ2n) is 8.25. The van der Waals surface area contributed by atoms with E-state index in [1.807, 2.05) is 12.3 Å². The number of aromatic amines is 1. The van der Waals surface area contributed by atoms with Crippen molar-refractivity contribution in [2.24, 2.45) is 0 Å². The lowest BCUT2D eigenvalue weighted by Gasteiger charge is -2.32. The molecule has 0 saturated heterocycles. The molecule has 1 aromatic heterocycles. The topological polar surface area (TPSA) is 22.3 Å². The summed E-state index contributed by atoms with van der Waals surface area (Å²) >= 11 is 0. The molecule has 0 unspecified atom stereocenters. The summed E-state index contributed by atoms with van der Waals surface area (Å²) in [6.45, 7) is 5.49. The smallest absolute Gasteiger partial charge is 0.123 e. The number of nitrogens with zero attached hydrogens (tertiary/aromatic N) is 2. The number of hydrogen-bond acceptors (Lipinski definition) is 2. The van der Waals surface area contributed by atoms with E-state index < -0.39 is 0 Å². The molecule has 166 valence electrons. The van der Waals surface area contributed by atoms with Crippen molar-refractivity contribution in [1.29, 1.82) is 0 Å². The first kappa shape index (κ1) is 23.6. The SMILES string of the molecule is Cl.Cl.Fc1ccc2[nH]cc(C3=CCN(CCCN4CCCc5ccccc54)CC3)c2c1. The van der Waals surface area contributed by atoms with Crippen LogP contribution in [0.15, 0.2) is 54.7 Å². The molecule has 6 heteroatoms. The van der Waals surface area contributed by atoms with Crippen LogP contribution in [-0.4, -0.2) is 42.6 Å². The molecular weight excluding hydrogens is 432 g/mol. The highest BCUT2D eigenvalue weighted by Crippen LogP contribution is 2.30. The normalized spacial score (nSPS) is 16.3. The van der Waals surface area contributed by atoms with E-state index in [0.717, 1.165) is 49.1 Å². The molecule has 5 rings (SSSR count). The van der Waals surface area contributed by atoms with Crippen molar-refractivity contribution < 1.29 is 4.39 Å². The van der Waals surface area contributed by atoms with Gasteiger partial charge >= 0.3 is 0 Å². The number of rotatable bonds is 5. The van der Waals surface area contributed by atoms with Gasteiger partial charge in [0.05, 0.1) is 0 Å². The zero-order valence-corrected chi connectivity index (χ0v) is 19.3.